The first-order valence-electron chi connectivity index (χ1n) is 13.7. The minimum absolute atomic E-state index is 1.24. The number of aryl methyl sites for hydroxylation is 1. The second kappa shape index (κ2) is 14.0. The van der Waals surface area contributed by atoms with Crippen molar-refractivity contribution in [2.24, 2.45) is 0 Å². The molecular weight excluding hydrogens is 545 g/mol. The molecule has 37 heavy (non-hydrogen) atoms. The van der Waals surface area contributed by atoms with Crippen LogP contribution in [0, 0.1) is 0 Å². The molecule has 0 radical (unpaired) electrons. The normalized spacial score (nSPS) is 11.5. The summed E-state index contributed by atoms with van der Waals surface area (Å²) in [6.07, 6.45) is 15.3. The van der Waals surface area contributed by atoms with Gasteiger partial charge in [-0.2, -0.15) is 0 Å². The SMILES string of the molecule is CCCCCCCCCCCCc1ccc(-c2ccc(-c3ccc(-c4ccc(-c5cccs5)s4)s3)s2)s1. The summed E-state index contributed by atoms with van der Waals surface area (Å²) < 4.78 is 0. The molecule has 5 aromatic heterocycles. The van der Waals surface area contributed by atoms with E-state index in [2.05, 4.69) is 73.0 Å². The summed E-state index contributed by atoms with van der Waals surface area (Å²) in [5, 5.41) is 2.15. The lowest BCUT2D eigenvalue weighted by Crippen LogP contribution is -1.84. The molecule has 5 aromatic rings. The highest BCUT2D eigenvalue weighted by atomic mass is 32.1. The van der Waals surface area contributed by atoms with Crippen molar-refractivity contribution in [1.82, 2.24) is 0 Å². The van der Waals surface area contributed by atoms with Crippen LogP contribution in [0.15, 0.2) is 66.0 Å². The summed E-state index contributed by atoms with van der Waals surface area (Å²) in [6, 6.07) is 22.8. The van der Waals surface area contributed by atoms with Crippen LogP contribution >= 0.6 is 56.7 Å². The lowest BCUT2D eigenvalue weighted by molar-refractivity contribution is 0.557. The third kappa shape index (κ3) is 7.54. The Morgan fingerprint density at radius 1 is 0.432 bits per heavy atom. The quantitative estimate of drug-likeness (QED) is 0.108. The van der Waals surface area contributed by atoms with E-state index in [0.717, 1.165) is 0 Å². The van der Waals surface area contributed by atoms with Gasteiger partial charge in [-0.3, -0.25) is 0 Å². The molecule has 5 heteroatoms. The van der Waals surface area contributed by atoms with Crippen LogP contribution in [0.3, 0.4) is 0 Å². The third-order valence-electron chi connectivity index (χ3n) is 6.75. The fraction of sp³-hybridized carbons (Fsp3) is 0.375. The summed E-state index contributed by atoms with van der Waals surface area (Å²) in [5.74, 6) is 0. The number of hydrogen-bond acceptors (Lipinski definition) is 5. The van der Waals surface area contributed by atoms with Gasteiger partial charge in [-0.15, -0.1) is 56.7 Å². The van der Waals surface area contributed by atoms with Crippen LogP contribution < -0.4 is 0 Å². The highest BCUT2D eigenvalue weighted by Crippen LogP contribution is 2.44. The molecule has 0 saturated heterocycles. The van der Waals surface area contributed by atoms with Crippen molar-refractivity contribution in [1.29, 1.82) is 0 Å². The number of thiophene rings is 5. The molecule has 5 heterocycles. The Balaban J connectivity index is 1.09. The van der Waals surface area contributed by atoms with E-state index in [-0.39, 0.29) is 0 Å². The van der Waals surface area contributed by atoms with E-state index in [9.17, 15) is 0 Å². The van der Waals surface area contributed by atoms with Crippen molar-refractivity contribution >= 4 is 56.7 Å². The zero-order chi connectivity index (χ0) is 25.3. The third-order valence-corrected chi connectivity index (χ3v) is 12.8. The maximum absolute atomic E-state index is 2.36. The van der Waals surface area contributed by atoms with Gasteiger partial charge in [0.1, 0.15) is 0 Å². The van der Waals surface area contributed by atoms with Crippen LogP contribution in [0.5, 0.6) is 0 Å². The Morgan fingerprint density at radius 2 is 0.865 bits per heavy atom. The van der Waals surface area contributed by atoms with Gasteiger partial charge in [-0.1, -0.05) is 70.8 Å². The van der Waals surface area contributed by atoms with Crippen molar-refractivity contribution in [3.63, 3.8) is 0 Å². The van der Waals surface area contributed by atoms with E-state index in [1.807, 2.05) is 56.7 Å². The van der Waals surface area contributed by atoms with Gasteiger partial charge >= 0.3 is 0 Å². The van der Waals surface area contributed by atoms with E-state index in [4.69, 9.17) is 0 Å². The fourth-order valence-electron chi connectivity index (χ4n) is 4.66. The number of unbranched alkanes of at least 4 members (excludes halogenated alkanes) is 9. The van der Waals surface area contributed by atoms with Crippen LogP contribution in [0.25, 0.3) is 39.0 Å². The van der Waals surface area contributed by atoms with Gasteiger partial charge in [0.25, 0.3) is 0 Å². The molecule has 0 atom stereocenters. The van der Waals surface area contributed by atoms with Crippen LogP contribution in [0.4, 0.5) is 0 Å². The van der Waals surface area contributed by atoms with Crippen LogP contribution in [0.2, 0.25) is 0 Å². The largest absolute Gasteiger partial charge is 0.143 e. The Hall–Kier alpha value is -1.50. The molecule has 0 nitrogen and oxygen atoms in total. The molecular formula is C32H36S5. The van der Waals surface area contributed by atoms with Crippen molar-refractivity contribution in [3.05, 3.63) is 70.9 Å². The van der Waals surface area contributed by atoms with E-state index in [0.29, 0.717) is 0 Å². The monoisotopic (exact) mass is 580 g/mol. The van der Waals surface area contributed by atoms with Gasteiger partial charge in [-0.05, 0) is 72.8 Å². The minimum Gasteiger partial charge on any atom is -0.143 e. The first-order valence-corrected chi connectivity index (χ1v) is 17.9. The minimum atomic E-state index is 1.24. The lowest BCUT2D eigenvalue weighted by atomic mass is 10.1. The average molecular weight is 581 g/mol. The molecule has 0 N–H and O–H groups in total. The molecule has 0 fully saturated rings. The average Bonchev–Trinajstić information content (AvgIpc) is 3.74. The summed E-state index contributed by atoms with van der Waals surface area (Å²) in [4.78, 5) is 12.6. The first-order chi connectivity index (χ1) is 18.3. The summed E-state index contributed by atoms with van der Waals surface area (Å²) >= 11 is 9.56. The smallest absolute Gasteiger partial charge is 0.0449 e. The zero-order valence-electron chi connectivity index (χ0n) is 21.7. The van der Waals surface area contributed by atoms with Gasteiger partial charge in [-0.25, -0.2) is 0 Å². The summed E-state index contributed by atoms with van der Waals surface area (Å²) in [5.41, 5.74) is 0. The van der Waals surface area contributed by atoms with Crippen molar-refractivity contribution in [2.45, 2.75) is 77.6 Å². The molecule has 194 valence electrons. The second-order valence-electron chi connectivity index (χ2n) is 9.67. The highest BCUT2D eigenvalue weighted by molar-refractivity contribution is 7.29. The molecule has 0 spiro atoms. The van der Waals surface area contributed by atoms with Gasteiger partial charge in [0.15, 0.2) is 0 Å². The van der Waals surface area contributed by atoms with Crippen LogP contribution in [-0.4, -0.2) is 0 Å². The maximum atomic E-state index is 2.36. The van der Waals surface area contributed by atoms with Crippen molar-refractivity contribution < 1.29 is 0 Å². The highest BCUT2D eigenvalue weighted by Gasteiger charge is 2.12. The van der Waals surface area contributed by atoms with Gasteiger partial charge in [0.2, 0.25) is 0 Å². The van der Waals surface area contributed by atoms with E-state index < -0.39 is 0 Å². The maximum Gasteiger partial charge on any atom is 0.0449 e. The Kier molecular flexibility index (Phi) is 10.3. The first kappa shape index (κ1) is 27.1. The van der Waals surface area contributed by atoms with Gasteiger partial charge in [0.05, 0.1) is 0 Å². The molecule has 0 aromatic carbocycles. The lowest BCUT2D eigenvalue weighted by Gasteiger charge is -2.02. The molecule has 0 aliphatic heterocycles. The van der Waals surface area contributed by atoms with Crippen LogP contribution in [-0.2, 0) is 6.42 Å². The molecule has 0 saturated carbocycles. The molecule has 0 amide bonds. The number of rotatable bonds is 15. The standard InChI is InChI=1S/C32H36S5/c1-2-3-4-5-6-7-8-9-10-11-13-24-15-16-27(34-24)28-19-20-31(36-28)32-22-21-30(37-32)29-18-17-26(35-29)25-14-12-23-33-25/h12,14-23H,2-11,13H2,1H3. The van der Waals surface area contributed by atoms with E-state index >= 15 is 0 Å². The summed E-state index contributed by atoms with van der Waals surface area (Å²) in [6.45, 7) is 2.29. The molecule has 5 rings (SSSR count). The topological polar surface area (TPSA) is 0 Å². The molecule has 0 unspecified atom stereocenters. The zero-order valence-corrected chi connectivity index (χ0v) is 25.8. The second-order valence-corrected chi connectivity index (χ2v) is 15.0. The summed E-state index contributed by atoms with van der Waals surface area (Å²) in [7, 11) is 0. The van der Waals surface area contributed by atoms with Crippen molar-refractivity contribution in [2.75, 3.05) is 0 Å². The van der Waals surface area contributed by atoms with E-state index in [1.165, 1.54) is 110 Å². The molecule has 0 bridgehead atoms. The van der Waals surface area contributed by atoms with E-state index in [1.54, 1.807) is 4.88 Å². The van der Waals surface area contributed by atoms with Gasteiger partial charge < -0.3 is 0 Å². The van der Waals surface area contributed by atoms with Crippen LogP contribution in [0.1, 0.15) is 76.0 Å². The number of hydrogen-bond donors (Lipinski definition) is 0. The predicted molar refractivity (Wildman–Crippen MR) is 173 cm³/mol. The molecule has 0 aliphatic carbocycles. The predicted octanol–water partition coefficient (Wildman–Crippen LogP) is 13.1. The van der Waals surface area contributed by atoms with Crippen molar-refractivity contribution in [3.8, 4) is 39.0 Å². The Morgan fingerprint density at radius 3 is 1.35 bits per heavy atom. The molecule has 0 aliphatic rings. The fourth-order valence-corrected chi connectivity index (χ4v) is 9.83. The van der Waals surface area contributed by atoms with Gasteiger partial charge in [0, 0.05) is 43.9 Å². The Bertz CT molecular complexity index is 1330. The Labute approximate surface area is 242 Å².